The van der Waals surface area contributed by atoms with Crippen LogP contribution in [-0.4, -0.2) is 5.16 Å². The van der Waals surface area contributed by atoms with Gasteiger partial charge in [0.15, 0.2) is 0 Å². The summed E-state index contributed by atoms with van der Waals surface area (Å²) in [5.41, 5.74) is 9.45. The summed E-state index contributed by atoms with van der Waals surface area (Å²) < 4.78 is 5.40. The Morgan fingerprint density at radius 1 is 1.18 bits per heavy atom. The Kier molecular flexibility index (Phi) is 3.59. The van der Waals surface area contributed by atoms with Gasteiger partial charge < -0.3 is 10.2 Å². The number of rotatable bonds is 2. The van der Waals surface area contributed by atoms with Gasteiger partial charge in [0.05, 0.1) is 16.4 Å². The van der Waals surface area contributed by atoms with Gasteiger partial charge in [-0.2, -0.15) is 4.99 Å². The molecule has 0 saturated heterocycles. The molecule has 0 radical (unpaired) electrons. The fourth-order valence-corrected chi connectivity index (χ4v) is 2.66. The van der Waals surface area contributed by atoms with Gasteiger partial charge >= 0.3 is 5.63 Å². The van der Waals surface area contributed by atoms with Crippen molar-refractivity contribution in [3.05, 3.63) is 58.4 Å². The highest BCUT2D eigenvalue weighted by molar-refractivity contribution is 7.78. The van der Waals surface area contributed by atoms with Crippen LogP contribution in [0.5, 0.6) is 0 Å². The van der Waals surface area contributed by atoms with Gasteiger partial charge in [-0.1, -0.05) is 18.2 Å². The SMILES string of the molecule is Cc1c(-c2ccc(N=C=S)cc2)c(=O)oc2cccc(N)c12. The molecule has 2 aromatic carbocycles. The van der Waals surface area contributed by atoms with Gasteiger partial charge in [-0.05, 0) is 54.5 Å². The van der Waals surface area contributed by atoms with E-state index < -0.39 is 0 Å². The fourth-order valence-electron chi connectivity index (χ4n) is 2.55. The number of nitrogen functional groups attached to an aromatic ring is 1. The van der Waals surface area contributed by atoms with E-state index in [9.17, 15) is 4.79 Å². The topological polar surface area (TPSA) is 68.6 Å². The molecule has 4 nitrogen and oxygen atoms in total. The van der Waals surface area contributed by atoms with Gasteiger partial charge in [0, 0.05) is 11.1 Å². The third kappa shape index (κ3) is 2.33. The minimum Gasteiger partial charge on any atom is -0.422 e. The average Bonchev–Trinajstić information content (AvgIpc) is 2.49. The standard InChI is InChI=1S/C17H12N2O2S/c1-10-15(11-5-7-12(8-6-11)19-9-22)17(20)21-14-4-2-3-13(18)16(10)14/h2-8H,18H2,1H3. The molecule has 0 unspecified atom stereocenters. The number of nitrogens with zero attached hydrogens (tertiary/aromatic N) is 1. The molecule has 3 aromatic rings. The number of hydrogen-bond donors (Lipinski definition) is 1. The van der Waals surface area contributed by atoms with Crippen LogP contribution >= 0.6 is 12.2 Å². The lowest BCUT2D eigenvalue weighted by Gasteiger charge is -2.09. The first-order valence-corrected chi connectivity index (χ1v) is 7.03. The fraction of sp³-hybridized carbons (Fsp3) is 0.0588. The minimum absolute atomic E-state index is 0.387. The molecule has 22 heavy (non-hydrogen) atoms. The van der Waals surface area contributed by atoms with Crippen LogP contribution in [0, 0.1) is 6.92 Å². The van der Waals surface area contributed by atoms with E-state index in [1.807, 2.05) is 6.92 Å². The molecule has 5 heteroatoms. The maximum Gasteiger partial charge on any atom is 0.344 e. The zero-order valence-corrected chi connectivity index (χ0v) is 12.6. The summed E-state index contributed by atoms with van der Waals surface area (Å²) in [6, 6.07) is 12.4. The third-order valence-electron chi connectivity index (χ3n) is 3.55. The van der Waals surface area contributed by atoms with Crippen LogP contribution < -0.4 is 11.4 Å². The lowest BCUT2D eigenvalue weighted by Crippen LogP contribution is -2.06. The Hall–Kier alpha value is -2.75. The predicted molar refractivity (Wildman–Crippen MR) is 91.8 cm³/mol. The molecule has 1 aromatic heterocycles. The number of nitrogens with two attached hydrogens (primary N) is 1. The first-order valence-electron chi connectivity index (χ1n) is 6.62. The van der Waals surface area contributed by atoms with Crippen LogP contribution in [-0.2, 0) is 0 Å². The van der Waals surface area contributed by atoms with Crippen molar-refractivity contribution in [2.45, 2.75) is 6.92 Å². The Morgan fingerprint density at radius 3 is 2.59 bits per heavy atom. The molecule has 0 bridgehead atoms. The van der Waals surface area contributed by atoms with Crippen molar-refractivity contribution in [1.82, 2.24) is 0 Å². The van der Waals surface area contributed by atoms with E-state index in [1.54, 1.807) is 42.5 Å². The molecule has 0 aliphatic carbocycles. The van der Waals surface area contributed by atoms with Crippen molar-refractivity contribution in [2.75, 3.05) is 5.73 Å². The van der Waals surface area contributed by atoms with Crippen LogP contribution in [0.4, 0.5) is 11.4 Å². The molecule has 0 aliphatic rings. The zero-order valence-electron chi connectivity index (χ0n) is 11.8. The van der Waals surface area contributed by atoms with E-state index >= 15 is 0 Å². The van der Waals surface area contributed by atoms with Crippen molar-refractivity contribution >= 4 is 39.7 Å². The van der Waals surface area contributed by atoms with E-state index in [-0.39, 0.29) is 5.63 Å². The van der Waals surface area contributed by atoms with Crippen LogP contribution in [0.1, 0.15) is 5.56 Å². The molecule has 108 valence electrons. The Morgan fingerprint density at radius 2 is 1.91 bits per heavy atom. The normalized spacial score (nSPS) is 10.4. The molecule has 0 fully saturated rings. The van der Waals surface area contributed by atoms with Crippen molar-refractivity contribution < 1.29 is 4.42 Å². The van der Waals surface area contributed by atoms with Crippen LogP contribution in [0.15, 0.2) is 56.7 Å². The molecule has 0 saturated carbocycles. The lowest BCUT2D eigenvalue weighted by molar-refractivity contribution is 0.562. The van der Waals surface area contributed by atoms with E-state index in [1.165, 1.54) is 0 Å². The summed E-state index contributed by atoms with van der Waals surface area (Å²) in [5.74, 6) is 0. The van der Waals surface area contributed by atoms with Crippen LogP contribution in [0.3, 0.4) is 0 Å². The number of hydrogen-bond acceptors (Lipinski definition) is 5. The van der Waals surface area contributed by atoms with E-state index in [0.29, 0.717) is 22.5 Å². The Labute approximate surface area is 131 Å². The second kappa shape index (κ2) is 5.56. The summed E-state index contributed by atoms with van der Waals surface area (Å²) in [4.78, 5) is 16.2. The number of aryl methyl sites for hydroxylation is 1. The van der Waals surface area contributed by atoms with Crippen LogP contribution in [0.25, 0.3) is 22.1 Å². The predicted octanol–water partition coefficient (Wildman–Crippen LogP) is 4.08. The summed E-state index contributed by atoms with van der Waals surface area (Å²) in [6.07, 6.45) is 0. The maximum absolute atomic E-state index is 12.3. The monoisotopic (exact) mass is 308 g/mol. The van der Waals surface area contributed by atoms with Gasteiger partial charge in [-0.15, -0.1) is 0 Å². The number of aliphatic imine (C=N–C) groups is 1. The summed E-state index contributed by atoms with van der Waals surface area (Å²) in [6.45, 7) is 1.87. The second-order valence-electron chi connectivity index (χ2n) is 4.86. The molecule has 0 atom stereocenters. The zero-order chi connectivity index (χ0) is 15.7. The van der Waals surface area contributed by atoms with Crippen molar-refractivity contribution in [3.8, 4) is 11.1 Å². The molecular weight excluding hydrogens is 296 g/mol. The smallest absolute Gasteiger partial charge is 0.344 e. The van der Waals surface area contributed by atoms with Gasteiger partial charge in [-0.3, -0.25) is 0 Å². The lowest BCUT2D eigenvalue weighted by atomic mass is 9.98. The second-order valence-corrected chi connectivity index (χ2v) is 5.04. The van der Waals surface area contributed by atoms with Gasteiger partial charge in [-0.25, -0.2) is 4.79 Å². The maximum atomic E-state index is 12.3. The highest BCUT2D eigenvalue weighted by Crippen LogP contribution is 2.30. The number of thiocarbonyl (C=S) groups is 1. The summed E-state index contributed by atoms with van der Waals surface area (Å²) in [7, 11) is 0. The quantitative estimate of drug-likeness (QED) is 0.335. The number of benzene rings is 2. The van der Waals surface area contributed by atoms with Crippen molar-refractivity contribution in [1.29, 1.82) is 0 Å². The molecule has 0 spiro atoms. The molecule has 0 aliphatic heterocycles. The number of fused-ring (bicyclic) bond motifs is 1. The summed E-state index contributed by atoms with van der Waals surface area (Å²) >= 11 is 4.57. The van der Waals surface area contributed by atoms with Gasteiger partial charge in [0.2, 0.25) is 0 Å². The van der Waals surface area contributed by atoms with Gasteiger partial charge in [0.25, 0.3) is 0 Å². The number of anilines is 1. The van der Waals surface area contributed by atoms with E-state index in [2.05, 4.69) is 22.4 Å². The van der Waals surface area contributed by atoms with Gasteiger partial charge in [0.1, 0.15) is 5.58 Å². The van der Waals surface area contributed by atoms with Crippen molar-refractivity contribution in [3.63, 3.8) is 0 Å². The first-order chi connectivity index (χ1) is 10.6. The number of isothiocyanates is 1. The third-order valence-corrected chi connectivity index (χ3v) is 3.64. The highest BCUT2D eigenvalue weighted by atomic mass is 32.1. The van der Waals surface area contributed by atoms with Crippen molar-refractivity contribution in [2.24, 2.45) is 4.99 Å². The highest BCUT2D eigenvalue weighted by Gasteiger charge is 2.14. The Balaban J connectivity index is 2.28. The molecule has 3 rings (SSSR count). The minimum atomic E-state index is -0.387. The molecule has 1 heterocycles. The Bertz CT molecular complexity index is 968. The van der Waals surface area contributed by atoms with Crippen LogP contribution in [0.2, 0.25) is 0 Å². The average molecular weight is 308 g/mol. The largest absolute Gasteiger partial charge is 0.422 e. The molecular formula is C17H12N2O2S. The molecule has 2 N–H and O–H groups in total. The van der Waals surface area contributed by atoms with E-state index in [0.717, 1.165) is 16.5 Å². The molecule has 0 amide bonds. The summed E-state index contributed by atoms with van der Waals surface area (Å²) in [5, 5.41) is 3.07. The first kappa shape index (κ1) is 14.2. The van der Waals surface area contributed by atoms with E-state index in [4.69, 9.17) is 10.2 Å².